The number of likely N-dealkylation sites (N-methyl/N-ethyl adjacent to an activating group) is 1. The minimum absolute atomic E-state index is 0.0690. The molecule has 33 heavy (non-hydrogen) atoms. The molecular formula is C22H26Cl2N4O5. The zero-order chi connectivity index (χ0) is 24.9. The Balaban J connectivity index is 2.59. The lowest BCUT2D eigenvalue weighted by Gasteiger charge is -2.17. The fourth-order valence-corrected chi connectivity index (χ4v) is 3.34. The number of aliphatic hydroxyl groups is 1. The van der Waals surface area contributed by atoms with Crippen LogP contribution in [0.2, 0.25) is 10.0 Å². The highest BCUT2D eigenvalue weighted by atomic mass is 35.5. The fourth-order valence-electron chi connectivity index (χ4n) is 2.78. The molecule has 178 valence electrons. The van der Waals surface area contributed by atoms with E-state index in [-0.39, 0.29) is 39.0 Å². The van der Waals surface area contributed by atoms with Crippen LogP contribution in [-0.4, -0.2) is 32.8 Å². The highest BCUT2D eigenvalue weighted by Crippen LogP contribution is 2.37. The Morgan fingerprint density at radius 1 is 1.30 bits per heavy atom. The summed E-state index contributed by atoms with van der Waals surface area (Å²) in [4.78, 5) is 38.2. The normalized spacial score (nSPS) is 12.6. The van der Waals surface area contributed by atoms with Crippen LogP contribution < -0.4 is 21.3 Å². The number of hydrogen-bond donors (Lipinski definition) is 3. The van der Waals surface area contributed by atoms with Crippen LogP contribution in [0.4, 0.5) is 0 Å². The van der Waals surface area contributed by atoms with E-state index in [0.29, 0.717) is 17.8 Å². The molecule has 0 saturated carbocycles. The summed E-state index contributed by atoms with van der Waals surface area (Å²) in [6.45, 7) is 6.94. The minimum atomic E-state index is -0.824. The first-order valence-corrected chi connectivity index (χ1v) is 10.9. The number of hydrogen-bond acceptors (Lipinski definition) is 6. The molecule has 2 aromatic rings. The average Bonchev–Trinajstić information content (AvgIpc) is 2.76. The summed E-state index contributed by atoms with van der Waals surface area (Å²) in [5, 5.41) is 15.9. The first kappa shape index (κ1) is 26.4. The molecule has 0 aliphatic heterocycles. The molecule has 9 nitrogen and oxygen atoms in total. The maximum absolute atomic E-state index is 12.3. The van der Waals surface area contributed by atoms with Crippen molar-refractivity contribution in [2.45, 2.75) is 40.7 Å². The SMILES string of the molecule is CC/C(C)=C(/C=C(\C(=O)NC)C(C)C)Oc1c(Cl)cc(-n2nc(CO)c(=O)[nH]c2=O)cc1Cl. The molecule has 3 N–H and O–H groups in total. The number of aromatic nitrogens is 3. The second kappa shape index (κ2) is 11.3. The van der Waals surface area contributed by atoms with E-state index < -0.39 is 17.9 Å². The number of halogens is 2. The van der Waals surface area contributed by atoms with Gasteiger partial charge in [0.05, 0.1) is 22.3 Å². The van der Waals surface area contributed by atoms with Crippen molar-refractivity contribution in [3.8, 4) is 11.4 Å². The van der Waals surface area contributed by atoms with Gasteiger partial charge in [0.25, 0.3) is 5.56 Å². The van der Waals surface area contributed by atoms with Gasteiger partial charge in [-0.1, -0.05) is 44.0 Å². The summed E-state index contributed by atoms with van der Waals surface area (Å²) >= 11 is 12.9. The van der Waals surface area contributed by atoms with Crippen LogP contribution in [0.25, 0.3) is 5.69 Å². The van der Waals surface area contributed by atoms with Gasteiger partial charge in [-0.25, -0.2) is 4.79 Å². The number of aromatic amines is 1. The van der Waals surface area contributed by atoms with E-state index in [1.165, 1.54) is 12.1 Å². The number of nitrogens with one attached hydrogen (secondary N) is 2. The smallest absolute Gasteiger partial charge is 0.349 e. The number of amides is 1. The van der Waals surface area contributed by atoms with Crippen molar-refractivity contribution in [1.82, 2.24) is 20.1 Å². The Morgan fingerprint density at radius 3 is 2.39 bits per heavy atom. The van der Waals surface area contributed by atoms with Crippen LogP contribution in [0.15, 0.2) is 44.7 Å². The molecule has 0 unspecified atom stereocenters. The monoisotopic (exact) mass is 496 g/mol. The van der Waals surface area contributed by atoms with Crippen molar-refractivity contribution in [2.24, 2.45) is 5.92 Å². The number of benzene rings is 1. The predicted molar refractivity (Wildman–Crippen MR) is 127 cm³/mol. The van der Waals surface area contributed by atoms with Gasteiger partial charge in [0.2, 0.25) is 5.91 Å². The summed E-state index contributed by atoms with van der Waals surface area (Å²) in [7, 11) is 1.55. The molecule has 0 radical (unpaired) electrons. The lowest BCUT2D eigenvalue weighted by molar-refractivity contribution is -0.117. The van der Waals surface area contributed by atoms with Crippen molar-refractivity contribution in [2.75, 3.05) is 7.05 Å². The molecule has 1 amide bonds. The van der Waals surface area contributed by atoms with Crippen LogP contribution in [0.3, 0.4) is 0 Å². The molecule has 0 atom stereocenters. The summed E-state index contributed by atoms with van der Waals surface area (Å²) in [5.74, 6) is 0.246. The topological polar surface area (TPSA) is 126 Å². The average molecular weight is 497 g/mol. The zero-order valence-corrected chi connectivity index (χ0v) is 20.5. The maximum atomic E-state index is 12.3. The molecule has 11 heteroatoms. The highest BCUT2D eigenvalue weighted by molar-refractivity contribution is 6.37. The third-order valence-corrected chi connectivity index (χ3v) is 5.40. The van der Waals surface area contributed by atoms with Crippen LogP contribution in [-0.2, 0) is 11.4 Å². The molecule has 0 saturated heterocycles. The van der Waals surface area contributed by atoms with Gasteiger partial charge >= 0.3 is 5.69 Å². The van der Waals surface area contributed by atoms with Gasteiger partial charge in [-0.05, 0) is 43.0 Å². The quantitative estimate of drug-likeness (QED) is 0.292. The van der Waals surface area contributed by atoms with Gasteiger partial charge in [-0.2, -0.15) is 9.78 Å². The lowest BCUT2D eigenvalue weighted by Crippen LogP contribution is -2.34. The Kier molecular flexibility index (Phi) is 9.04. The van der Waals surface area contributed by atoms with Crippen molar-refractivity contribution < 1.29 is 14.6 Å². The number of aliphatic hydroxyl groups excluding tert-OH is 1. The second-order valence-corrected chi connectivity index (χ2v) is 8.26. The highest BCUT2D eigenvalue weighted by Gasteiger charge is 2.18. The molecule has 0 bridgehead atoms. The Labute approximate surface area is 200 Å². The van der Waals surface area contributed by atoms with Gasteiger partial charge in [-0.15, -0.1) is 0 Å². The van der Waals surface area contributed by atoms with E-state index in [9.17, 15) is 19.5 Å². The Hall–Kier alpha value is -2.88. The summed E-state index contributed by atoms with van der Waals surface area (Å²) < 4.78 is 6.91. The van der Waals surface area contributed by atoms with Crippen LogP contribution in [0.1, 0.15) is 39.8 Å². The number of carbonyl (C=O) groups excluding carboxylic acids is 1. The first-order chi connectivity index (χ1) is 15.5. The Morgan fingerprint density at radius 2 is 1.91 bits per heavy atom. The molecule has 2 rings (SSSR count). The molecule has 1 heterocycles. The number of H-pyrrole nitrogens is 1. The lowest BCUT2D eigenvalue weighted by atomic mass is 10.0. The predicted octanol–water partition coefficient (Wildman–Crippen LogP) is 3.11. The van der Waals surface area contributed by atoms with E-state index >= 15 is 0 Å². The molecule has 0 aliphatic carbocycles. The summed E-state index contributed by atoms with van der Waals surface area (Å²) in [6.07, 6.45) is 2.31. The van der Waals surface area contributed by atoms with Crippen molar-refractivity contribution in [3.05, 3.63) is 71.7 Å². The van der Waals surface area contributed by atoms with Crippen LogP contribution in [0, 0.1) is 5.92 Å². The standard InChI is InChI=1S/C22H26Cl2N4O5/c1-6-12(4)18(9-14(11(2)3)20(30)25-5)33-19-15(23)7-13(8-16(19)24)28-22(32)26-21(31)17(10-29)27-28/h7-9,11,29H,6,10H2,1-5H3,(H,25,30)(H,26,31,32)/b14-9-,18-12-. The van der Waals surface area contributed by atoms with E-state index in [2.05, 4.69) is 15.4 Å². The first-order valence-electron chi connectivity index (χ1n) is 10.2. The minimum Gasteiger partial charge on any atom is -0.454 e. The number of rotatable bonds is 8. The number of allylic oxidation sites excluding steroid dienone is 2. The van der Waals surface area contributed by atoms with Gasteiger partial charge in [0, 0.05) is 12.6 Å². The third kappa shape index (κ3) is 6.13. The van der Waals surface area contributed by atoms with Crippen LogP contribution in [0.5, 0.6) is 5.75 Å². The van der Waals surface area contributed by atoms with Gasteiger partial charge < -0.3 is 15.2 Å². The van der Waals surface area contributed by atoms with Crippen molar-refractivity contribution >= 4 is 29.1 Å². The number of nitrogens with zero attached hydrogens (tertiary/aromatic N) is 2. The van der Waals surface area contributed by atoms with E-state index in [0.717, 1.165) is 10.3 Å². The number of ether oxygens (including phenoxy) is 1. The van der Waals surface area contributed by atoms with E-state index in [1.54, 1.807) is 13.1 Å². The third-order valence-electron chi connectivity index (χ3n) is 4.83. The van der Waals surface area contributed by atoms with Crippen molar-refractivity contribution in [3.63, 3.8) is 0 Å². The van der Waals surface area contributed by atoms with E-state index in [4.69, 9.17) is 27.9 Å². The largest absolute Gasteiger partial charge is 0.454 e. The summed E-state index contributed by atoms with van der Waals surface area (Å²) in [6, 6.07) is 2.78. The van der Waals surface area contributed by atoms with Gasteiger partial charge in [0.15, 0.2) is 11.4 Å². The second-order valence-electron chi connectivity index (χ2n) is 7.45. The fraction of sp³-hybridized carbons (Fsp3) is 0.364. The van der Waals surface area contributed by atoms with Crippen molar-refractivity contribution in [1.29, 1.82) is 0 Å². The Bertz CT molecular complexity index is 1210. The van der Waals surface area contributed by atoms with Crippen LogP contribution >= 0.6 is 23.2 Å². The molecule has 1 aromatic carbocycles. The maximum Gasteiger partial charge on any atom is 0.349 e. The van der Waals surface area contributed by atoms with Gasteiger partial charge in [-0.3, -0.25) is 14.6 Å². The summed E-state index contributed by atoms with van der Waals surface area (Å²) in [5.41, 5.74) is -0.314. The van der Waals surface area contributed by atoms with E-state index in [1.807, 2.05) is 27.7 Å². The molecular weight excluding hydrogens is 471 g/mol. The molecule has 0 spiro atoms. The number of carbonyl (C=O) groups is 1. The molecule has 0 aliphatic rings. The molecule has 1 aromatic heterocycles. The van der Waals surface area contributed by atoms with Gasteiger partial charge in [0.1, 0.15) is 5.76 Å². The zero-order valence-electron chi connectivity index (χ0n) is 19.0. The molecule has 0 fully saturated rings.